The SMILES string of the molecule is CCNCC(=O)NCC(C)(C)c1cccnc1. The van der Waals surface area contributed by atoms with Gasteiger partial charge >= 0.3 is 0 Å². The molecule has 17 heavy (non-hydrogen) atoms. The van der Waals surface area contributed by atoms with E-state index in [0.717, 1.165) is 12.1 Å². The van der Waals surface area contributed by atoms with Crippen molar-refractivity contribution < 1.29 is 4.79 Å². The van der Waals surface area contributed by atoms with Crippen molar-refractivity contribution in [3.63, 3.8) is 0 Å². The topological polar surface area (TPSA) is 54.0 Å². The van der Waals surface area contributed by atoms with Crippen LogP contribution in [0.3, 0.4) is 0 Å². The van der Waals surface area contributed by atoms with E-state index in [1.165, 1.54) is 0 Å². The Morgan fingerprint density at radius 3 is 2.82 bits per heavy atom. The van der Waals surface area contributed by atoms with E-state index in [9.17, 15) is 4.79 Å². The highest BCUT2D eigenvalue weighted by atomic mass is 16.1. The third-order valence-corrected chi connectivity index (χ3v) is 2.71. The number of carbonyl (C=O) groups excluding carboxylic acids is 1. The molecule has 0 radical (unpaired) electrons. The largest absolute Gasteiger partial charge is 0.354 e. The number of nitrogens with zero attached hydrogens (tertiary/aromatic N) is 1. The summed E-state index contributed by atoms with van der Waals surface area (Å²) in [6.45, 7) is 7.96. The van der Waals surface area contributed by atoms with Crippen LogP contribution in [-0.2, 0) is 10.2 Å². The fourth-order valence-corrected chi connectivity index (χ4v) is 1.49. The van der Waals surface area contributed by atoms with Gasteiger partial charge in [0.15, 0.2) is 0 Å². The summed E-state index contributed by atoms with van der Waals surface area (Å²) in [5.41, 5.74) is 1.03. The summed E-state index contributed by atoms with van der Waals surface area (Å²) in [4.78, 5) is 15.6. The molecule has 0 aliphatic carbocycles. The molecule has 0 spiro atoms. The average molecular weight is 235 g/mol. The average Bonchev–Trinajstić information content (AvgIpc) is 2.35. The van der Waals surface area contributed by atoms with Crippen molar-refractivity contribution in [2.75, 3.05) is 19.6 Å². The van der Waals surface area contributed by atoms with E-state index >= 15 is 0 Å². The van der Waals surface area contributed by atoms with E-state index in [-0.39, 0.29) is 11.3 Å². The number of rotatable bonds is 6. The second kappa shape index (κ2) is 6.35. The maximum atomic E-state index is 11.5. The zero-order valence-electron chi connectivity index (χ0n) is 10.8. The van der Waals surface area contributed by atoms with Crippen LogP contribution in [0.15, 0.2) is 24.5 Å². The van der Waals surface area contributed by atoms with Gasteiger partial charge in [0.05, 0.1) is 6.54 Å². The van der Waals surface area contributed by atoms with Crippen LogP contribution < -0.4 is 10.6 Å². The molecule has 0 saturated heterocycles. The number of likely N-dealkylation sites (N-methyl/N-ethyl adjacent to an activating group) is 1. The third-order valence-electron chi connectivity index (χ3n) is 2.71. The number of aromatic nitrogens is 1. The second-order valence-corrected chi connectivity index (χ2v) is 4.68. The van der Waals surface area contributed by atoms with Crippen molar-refractivity contribution in [2.45, 2.75) is 26.2 Å². The maximum absolute atomic E-state index is 11.5. The number of nitrogens with one attached hydrogen (secondary N) is 2. The van der Waals surface area contributed by atoms with Crippen LogP contribution in [-0.4, -0.2) is 30.5 Å². The Bertz CT molecular complexity index is 349. The highest BCUT2D eigenvalue weighted by molar-refractivity contribution is 5.78. The lowest BCUT2D eigenvalue weighted by molar-refractivity contribution is -0.120. The molecule has 0 atom stereocenters. The van der Waals surface area contributed by atoms with Gasteiger partial charge in [0, 0.05) is 24.4 Å². The first-order valence-corrected chi connectivity index (χ1v) is 5.94. The third kappa shape index (κ3) is 4.53. The Labute approximate surface area is 103 Å². The molecular formula is C13H21N3O. The number of pyridine rings is 1. The van der Waals surface area contributed by atoms with Crippen LogP contribution in [0.1, 0.15) is 26.3 Å². The lowest BCUT2D eigenvalue weighted by Crippen LogP contribution is -2.40. The standard InChI is InChI=1S/C13H21N3O/c1-4-14-9-12(17)16-10-13(2,3)11-6-5-7-15-8-11/h5-8,14H,4,9-10H2,1-3H3,(H,16,17). The molecule has 2 N–H and O–H groups in total. The maximum Gasteiger partial charge on any atom is 0.233 e. The van der Waals surface area contributed by atoms with E-state index in [4.69, 9.17) is 0 Å². The Hall–Kier alpha value is -1.42. The summed E-state index contributed by atoms with van der Waals surface area (Å²) in [5, 5.41) is 5.93. The minimum Gasteiger partial charge on any atom is -0.354 e. The molecule has 1 aromatic rings. The molecular weight excluding hydrogens is 214 g/mol. The second-order valence-electron chi connectivity index (χ2n) is 4.68. The van der Waals surface area contributed by atoms with Gasteiger partial charge in [-0.3, -0.25) is 9.78 Å². The van der Waals surface area contributed by atoms with E-state index in [2.05, 4.69) is 29.5 Å². The molecule has 0 saturated carbocycles. The van der Waals surface area contributed by atoms with Crippen LogP contribution in [0, 0.1) is 0 Å². The Morgan fingerprint density at radius 1 is 1.47 bits per heavy atom. The molecule has 1 aromatic heterocycles. The Kier molecular flexibility index (Phi) is 5.10. The summed E-state index contributed by atoms with van der Waals surface area (Å²) < 4.78 is 0. The molecule has 94 valence electrons. The van der Waals surface area contributed by atoms with Gasteiger partial charge in [-0.05, 0) is 18.2 Å². The predicted octanol–water partition coefficient (Wildman–Crippen LogP) is 1.08. The monoisotopic (exact) mass is 235 g/mol. The lowest BCUT2D eigenvalue weighted by atomic mass is 9.86. The quantitative estimate of drug-likeness (QED) is 0.776. The van der Waals surface area contributed by atoms with E-state index in [0.29, 0.717) is 13.1 Å². The fraction of sp³-hybridized carbons (Fsp3) is 0.538. The van der Waals surface area contributed by atoms with Crippen molar-refractivity contribution >= 4 is 5.91 Å². The van der Waals surface area contributed by atoms with Gasteiger partial charge in [-0.1, -0.05) is 26.8 Å². The normalized spacial score (nSPS) is 11.2. The molecule has 0 bridgehead atoms. The van der Waals surface area contributed by atoms with Gasteiger partial charge in [0.25, 0.3) is 0 Å². The Morgan fingerprint density at radius 2 is 2.24 bits per heavy atom. The van der Waals surface area contributed by atoms with Gasteiger partial charge in [-0.15, -0.1) is 0 Å². The zero-order chi connectivity index (χ0) is 12.7. The van der Waals surface area contributed by atoms with E-state index < -0.39 is 0 Å². The highest BCUT2D eigenvalue weighted by Crippen LogP contribution is 2.20. The first-order valence-electron chi connectivity index (χ1n) is 5.94. The van der Waals surface area contributed by atoms with Gasteiger partial charge in [-0.25, -0.2) is 0 Å². The Balaban J connectivity index is 2.48. The molecule has 1 heterocycles. The molecule has 4 heteroatoms. The number of hydrogen-bond acceptors (Lipinski definition) is 3. The minimum atomic E-state index is -0.101. The lowest BCUT2D eigenvalue weighted by Gasteiger charge is -2.25. The molecule has 1 rings (SSSR count). The first-order chi connectivity index (χ1) is 8.06. The zero-order valence-corrected chi connectivity index (χ0v) is 10.8. The molecule has 4 nitrogen and oxygen atoms in total. The molecule has 0 unspecified atom stereocenters. The summed E-state index contributed by atoms with van der Waals surface area (Å²) in [6.07, 6.45) is 3.60. The number of carbonyl (C=O) groups is 1. The molecule has 0 fully saturated rings. The number of amides is 1. The van der Waals surface area contributed by atoms with Crippen molar-refractivity contribution in [1.82, 2.24) is 15.6 Å². The van der Waals surface area contributed by atoms with Gasteiger partial charge in [0.1, 0.15) is 0 Å². The summed E-state index contributed by atoms with van der Waals surface area (Å²) in [6, 6.07) is 3.95. The van der Waals surface area contributed by atoms with Crippen LogP contribution in [0.25, 0.3) is 0 Å². The van der Waals surface area contributed by atoms with Gasteiger partial charge in [-0.2, -0.15) is 0 Å². The van der Waals surface area contributed by atoms with Crippen molar-refractivity contribution in [3.05, 3.63) is 30.1 Å². The smallest absolute Gasteiger partial charge is 0.233 e. The summed E-state index contributed by atoms with van der Waals surface area (Å²) in [5.74, 6) is 0.0313. The van der Waals surface area contributed by atoms with E-state index in [1.54, 1.807) is 6.20 Å². The predicted molar refractivity (Wildman–Crippen MR) is 68.8 cm³/mol. The van der Waals surface area contributed by atoms with E-state index in [1.807, 2.05) is 25.3 Å². The fourth-order valence-electron chi connectivity index (χ4n) is 1.49. The molecule has 0 aliphatic rings. The van der Waals surface area contributed by atoms with Crippen molar-refractivity contribution in [3.8, 4) is 0 Å². The van der Waals surface area contributed by atoms with Gasteiger partial charge in [0.2, 0.25) is 5.91 Å². The van der Waals surface area contributed by atoms with Crippen molar-refractivity contribution in [2.24, 2.45) is 0 Å². The summed E-state index contributed by atoms with van der Waals surface area (Å²) >= 11 is 0. The van der Waals surface area contributed by atoms with Crippen LogP contribution in [0.5, 0.6) is 0 Å². The molecule has 1 amide bonds. The summed E-state index contributed by atoms with van der Waals surface area (Å²) in [7, 11) is 0. The van der Waals surface area contributed by atoms with Gasteiger partial charge < -0.3 is 10.6 Å². The minimum absolute atomic E-state index is 0.0313. The van der Waals surface area contributed by atoms with Crippen molar-refractivity contribution in [1.29, 1.82) is 0 Å². The molecule has 0 aromatic carbocycles. The number of hydrogen-bond donors (Lipinski definition) is 2. The molecule has 0 aliphatic heterocycles. The van der Waals surface area contributed by atoms with Crippen LogP contribution in [0.4, 0.5) is 0 Å². The van der Waals surface area contributed by atoms with Crippen LogP contribution in [0.2, 0.25) is 0 Å². The van der Waals surface area contributed by atoms with Crippen LogP contribution >= 0.6 is 0 Å². The first kappa shape index (κ1) is 13.6. The highest BCUT2D eigenvalue weighted by Gasteiger charge is 2.21.